The van der Waals surface area contributed by atoms with Crippen molar-refractivity contribution in [2.45, 2.75) is 25.3 Å². The molecule has 0 radical (unpaired) electrons. The predicted molar refractivity (Wildman–Crippen MR) is 88.4 cm³/mol. The van der Waals surface area contributed by atoms with E-state index in [9.17, 15) is 4.79 Å². The minimum absolute atomic E-state index is 0.0476. The Balaban J connectivity index is 1.33. The molecule has 2 amide bonds. The van der Waals surface area contributed by atoms with E-state index in [-0.39, 0.29) is 6.03 Å². The Morgan fingerprint density at radius 2 is 2.17 bits per heavy atom. The summed E-state index contributed by atoms with van der Waals surface area (Å²) in [5.41, 5.74) is 1.08. The Hall–Kier alpha value is -1.66. The third-order valence-electron chi connectivity index (χ3n) is 4.78. The van der Waals surface area contributed by atoms with Crippen LogP contribution < -0.4 is 5.32 Å². The van der Waals surface area contributed by atoms with Gasteiger partial charge in [0.15, 0.2) is 0 Å². The van der Waals surface area contributed by atoms with Gasteiger partial charge in [0, 0.05) is 56.6 Å². The lowest BCUT2D eigenvalue weighted by Gasteiger charge is -2.39. The quantitative estimate of drug-likeness (QED) is 0.889. The van der Waals surface area contributed by atoms with Gasteiger partial charge in [-0.05, 0) is 25.5 Å². The second kappa shape index (κ2) is 7.75. The van der Waals surface area contributed by atoms with Crippen molar-refractivity contribution in [3.63, 3.8) is 0 Å². The molecule has 23 heavy (non-hydrogen) atoms. The van der Waals surface area contributed by atoms with Crippen LogP contribution in [0.25, 0.3) is 0 Å². The van der Waals surface area contributed by atoms with Crippen LogP contribution in [0.3, 0.4) is 0 Å². The molecule has 2 aliphatic heterocycles. The lowest BCUT2D eigenvalue weighted by atomic mass is 9.96. The molecule has 1 aromatic heterocycles. The number of urea groups is 1. The minimum Gasteiger partial charge on any atom is -0.379 e. The zero-order valence-electron chi connectivity index (χ0n) is 13.8. The fourth-order valence-corrected chi connectivity index (χ4v) is 3.15. The number of amides is 2. The number of aromatic nitrogens is 1. The summed E-state index contributed by atoms with van der Waals surface area (Å²) in [6, 6.07) is 6.48. The highest BCUT2D eigenvalue weighted by molar-refractivity contribution is 5.75. The highest BCUT2D eigenvalue weighted by atomic mass is 16.5. The average molecular weight is 318 g/mol. The van der Waals surface area contributed by atoms with E-state index in [1.165, 1.54) is 0 Å². The van der Waals surface area contributed by atoms with Crippen LogP contribution in [-0.2, 0) is 4.74 Å². The van der Waals surface area contributed by atoms with Gasteiger partial charge >= 0.3 is 6.03 Å². The Bertz CT molecular complexity index is 499. The fraction of sp³-hybridized carbons (Fsp3) is 0.647. The number of pyridine rings is 1. The number of nitrogens with zero attached hydrogens (tertiary/aromatic N) is 3. The number of rotatable bonds is 5. The Labute approximate surface area is 137 Å². The Kier molecular flexibility index (Phi) is 5.46. The molecule has 0 spiro atoms. The van der Waals surface area contributed by atoms with Gasteiger partial charge in [0.25, 0.3) is 0 Å². The zero-order chi connectivity index (χ0) is 16.1. The molecule has 1 aromatic rings. The number of hydrogen-bond acceptors (Lipinski definition) is 4. The molecule has 6 heteroatoms. The number of ether oxygens (including phenoxy) is 1. The van der Waals surface area contributed by atoms with E-state index in [0.717, 1.165) is 58.1 Å². The molecule has 0 aromatic carbocycles. The third kappa shape index (κ3) is 4.20. The first-order valence-corrected chi connectivity index (χ1v) is 8.49. The number of morpholine rings is 1. The second-order valence-corrected chi connectivity index (χ2v) is 6.37. The summed E-state index contributed by atoms with van der Waals surface area (Å²) in [6.45, 7) is 8.10. The van der Waals surface area contributed by atoms with Crippen LogP contribution in [0.5, 0.6) is 0 Å². The minimum atomic E-state index is 0.0476. The van der Waals surface area contributed by atoms with Crippen molar-refractivity contribution in [2.24, 2.45) is 0 Å². The largest absolute Gasteiger partial charge is 0.379 e. The van der Waals surface area contributed by atoms with Crippen LogP contribution in [0.1, 0.15) is 25.0 Å². The first-order valence-electron chi connectivity index (χ1n) is 8.49. The van der Waals surface area contributed by atoms with Crippen molar-refractivity contribution >= 4 is 6.03 Å². The SMILES string of the molecule is C[C@@H](CCNC(=O)N1CC(c2ccccn2)C1)N1CCOCC1. The number of carbonyl (C=O) groups excluding carboxylic acids is 1. The van der Waals surface area contributed by atoms with E-state index < -0.39 is 0 Å². The summed E-state index contributed by atoms with van der Waals surface area (Å²) in [4.78, 5) is 20.8. The second-order valence-electron chi connectivity index (χ2n) is 6.37. The van der Waals surface area contributed by atoms with Crippen molar-refractivity contribution in [1.29, 1.82) is 0 Å². The van der Waals surface area contributed by atoms with Crippen molar-refractivity contribution in [2.75, 3.05) is 45.9 Å². The van der Waals surface area contributed by atoms with Gasteiger partial charge in [0.1, 0.15) is 0 Å². The van der Waals surface area contributed by atoms with Crippen molar-refractivity contribution in [3.05, 3.63) is 30.1 Å². The van der Waals surface area contributed by atoms with Crippen LogP contribution in [0.2, 0.25) is 0 Å². The van der Waals surface area contributed by atoms with Crippen LogP contribution in [-0.4, -0.2) is 72.8 Å². The summed E-state index contributed by atoms with van der Waals surface area (Å²) < 4.78 is 5.37. The molecule has 1 atom stereocenters. The molecule has 0 aliphatic carbocycles. The zero-order valence-corrected chi connectivity index (χ0v) is 13.8. The molecule has 0 saturated carbocycles. The molecule has 2 aliphatic rings. The Morgan fingerprint density at radius 1 is 1.39 bits per heavy atom. The molecule has 2 fully saturated rings. The Morgan fingerprint density at radius 3 is 2.87 bits per heavy atom. The summed E-state index contributed by atoms with van der Waals surface area (Å²) in [7, 11) is 0. The van der Waals surface area contributed by atoms with Crippen LogP contribution in [0, 0.1) is 0 Å². The molecule has 1 N–H and O–H groups in total. The third-order valence-corrected chi connectivity index (χ3v) is 4.78. The van der Waals surface area contributed by atoms with Gasteiger partial charge in [-0.3, -0.25) is 9.88 Å². The molecule has 2 saturated heterocycles. The maximum absolute atomic E-state index is 12.1. The number of likely N-dealkylation sites (tertiary alicyclic amines) is 1. The molecule has 6 nitrogen and oxygen atoms in total. The molecule has 0 unspecified atom stereocenters. The van der Waals surface area contributed by atoms with E-state index >= 15 is 0 Å². The van der Waals surface area contributed by atoms with Gasteiger partial charge in [-0.2, -0.15) is 0 Å². The van der Waals surface area contributed by atoms with Gasteiger partial charge in [0.05, 0.1) is 13.2 Å². The smallest absolute Gasteiger partial charge is 0.317 e. The molecule has 3 heterocycles. The van der Waals surface area contributed by atoms with Crippen LogP contribution in [0.15, 0.2) is 24.4 Å². The molecular weight excluding hydrogens is 292 g/mol. The molecule has 3 rings (SSSR count). The van der Waals surface area contributed by atoms with Crippen molar-refractivity contribution in [3.8, 4) is 0 Å². The van der Waals surface area contributed by atoms with E-state index in [1.54, 1.807) is 0 Å². The maximum atomic E-state index is 12.1. The standard InChI is InChI=1S/C17H26N4O2/c1-14(20-8-10-23-11-9-20)5-7-19-17(22)21-12-15(13-21)16-4-2-3-6-18-16/h2-4,6,14-15H,5,7-13H2,1H3,(H,19,22)/t14-/m0/s1. The highest BCUT2D eigenvalue weighted by Gasteiger charge is 2.32. The predicted octanol–water partition coefficient (Wildman–Crippen LogP) is 1.30. The summed E-state index contributed by atoms with van der Waals surface area (Å²) in [5.74, 6) is 0.384. The van der Waals surface area contributed by atoms with E-state index in [0.29, 0.717) is 12.0 Å². The van der Waals surface area contributed by atoms with Gasteiger partial charge < -0.3 is 15.0 Å². The average Bonchev–Trinajstić information content (AvgIpc) is 2.55. The van der Waals surface area contributed by atoms with Crippen molar-refractivity contribution < 1.29 is 9.53 Å². The van der Waals surface area contributed by atoms with Gasteiger partial charge in [0.2, 0.25) is 0 Å². The molecule has 126 valence electrons. The lowest BCUT2D eigenvalue weighted by Crippen LogP contribution is -2.53. The summed E-state index contributed by atoms with van der Waals surface area (Å²) >= 11 is 0. The number of carbonyl (C=O) groups is 1. The van der Waals surface area contributed by atoms with Gasteiger partial charge in [-0.1, -0.05) is 6.07 Å². The van der Waals surface area contributed by atoms with Crippen LogP contribution in [0.4, 0.5) is 4.79 Å². The molecule has 0 bridgehead atoms. The first kappa shape index (κ1) is 16.2. The van der Waals surface area contributed by atoms with E-state index in [2.05, 4.69) is 22.1 Å². The van der Waals surface area contributed by atoms with Crippen molar-refractivity contribution in [1.82, 2.24) is 20.1 Å². The normalized spacial score (nSPS) is 20.8. The number of nitrogens with one attached hydrogen (secondary N) is 1. The monoisotopic (exact) mass is 318 g/mol. The fourth-order valence-electron chi connectivity index (χ4n) is 3.15. The number of hydrogen-bond donors (Lipinski definition) is 1. The van der Waals surface area contributed by atoms with E-state index in [1.807, 2.05) is 29.3 Å². The highest BCUT2D eigenvalue weighted by Crippen LogP contribution is 2.24. The van der Waals surface area contributed by atoms with E-state index in [4.69, 9.17) is 4.74 Å². The summed E-state index contributed by atoms with van der Waals surface area (Å²) in [5, 5.41) is 3.04. The van der Waals surface area contributed by atoms with Gasteiger partial charge in [-0.15, -0.1) is 0 Å². The topological polar surface area (TPSA) is 57.7 Å². The lowest BCUT2D eigenvalue weighted by molar-refractivity contribution is 0.0187. The summed E-state index contributed by atoms with van der Waals surface area (Å²) in [6.07, 6.45) is 2.79. The van der Waals surface area contributed by atoms with Gasteiger partial charge in [-0.25, -0.2) is 4.79 Å². The molecular formula is C17H26N4O2. The maximum Gasteiger partial charge on any atom is 0.317 e. The first-order chi connectivity index (χ1) is 11.2. The van der Waals surface area contributed by atoms with Crippen LogP contribution >= 0.6 is 0 Å².